The number of nitrogens with one attached hydrogen (secondary N) is 3. The Kier molecular flexibility index (Phi) is 7.24. The summed E-state index contributed by atoms with van der Waals surface area (Å²) in [4.78, 5) is 21.2. The standard InChI is InChI=1S/C17H30N6O/c1-12(2)10-20-16(24)14-11-21-17(19-9-5-8-18)23-15(14)22-13-6-3-4-7-13/h11-13H,3-10,18H2,1-2H3,(H,20,24)(H2,19,21,22,23). The lowest BCUT2D eigenvalue weighted by Crippen LogP contribution is -2.29. The van der Waals surface area contributed by atoms with Gasteiger partial charge in [0.25, 0.3) is 5.91 Å². The van der Waals surface area contributed by atoms with E-state index < -0.39 is 0 Å². The van der Waals surface area contributed by atoms with Gasteiger partial charge in [-0.25, -0.2) is 4.98 Å². The summed E-state index contributed by atoms with van der Waals surface area (Å²) >= 11 is 0. The zero-order valence-corrected chi connectivity index (χ0v) is 14.8. The summed E-state index contributed by atoms with van der Waals surface area (Å²) in [5.74, 6) is 1.42. The molecule has 1 aromatic rings. The highest BCUT2D eigenvalue weighted by Crippen LogP contribution is 2.23. The summed E-state index contributed by atoms with van der Waals surface area (Å²) in [6.45, 7) is 6.12. The molecule has 1 aliphatic rings. The first-order valence-corrected chi connectivity index (χ1v) is 8.96. The van der Waals surface area contributed by atoms with Crippen molar-refractivity contribution >= 4 is 17.7 Å². The molecule has 1 heterocycles. The monoisotopic (exact) mass is 334 g/mol. The summed E-state index contributed by atoms with van der Waals surface area (Å²) in [6.07, 6.45) is 7.13. The third-order valence-corrected chi connectivity index (χ3v) is 4.06. The van der Waals surface area contributed by atoms with Gasteiger partial charge >= 0.3 is 0 Å². The van der Waals surface area contributed by atoms with Crippen LogP contribution < -0.4 is 21.7 Å². The van der Waals surface area contributed by atoms with Gasteiger partial charge in [-0.3, -0.25) is 4.79 Å². The van der Waals surface area contributed by atoms with Crippen molar-refractivity contribution in [2.75, 3.05) is 30.3 Å². The van der Waals surface area contributed by atoms with Crippen LogP contribution in [0.1, 0.15) is 56.3 Å². The average molecular weight is 334 g/mol. The molecule has 5 N–H and O–H groups in total. The maximum absolute atomic E-state index is 12.4. The van der Waals surface area contributed by atoms with Crippen LogP contribution in [0.25, 0.3) is 0 Å². The van der Waals surface area contributed by atoms with Gasteiger partial charge in [0.1, 0.15) is 11.4 Å². The highest BCUT2D eigenvalue weighted by atomic mass is 16.1. The average Bonchev–Trinajstić information content (AvgIpc) is 3.06. The van der Waals surface area contributed by atoms with Crippen LogP contribution in [0.2, 0.25) is 0 Å². The van der Waals surface area contributed by atoms with Crippen molar-refractivity contribution in [2.24, 2.45) is 11.7 Å². The number of hydrogen-bond acceptors (Lipinski definition) is 6. The van der Waals surface area contributed by atoms with E-state index in [0.717, 1.165) is 25.8 Å². The van der Waals surface area contributed by atoms with E-state index in [1.807, 2.05) is 0 Å². The number of amides is 1. The van der Waals surface area contributed by atoms with Gasteiger partial charge < -0.3 is 21.7 Å². The summed E-state index contributed by atoms with van der Waals surface area (Å²) in [6, 6.07) is 0.383. The number of anilines is 2. The summed E-state index contributed by atoms with van der Waals surface area (Å²) in [7, 11) is 0. The molecule has 1 aromatic heterocycles. The maximum atomic E-state index is 12.4. The molecule has 0 radical (unpaired) electrons. The molecule has 0 aromatic carbocycles. The quantitative estimate of drug-likeness (QED) is 0.515. The maximum Gasteiger partial charge on any atom is 0.256 e. The topological polar surface area (TPSA) is 105 Å². The Hall–Kier alpha value is -1.89. The van der Waals surface area contributed by atoms with Crippen molar-refractivity contribution in [1.82, 2.24) is 15.3 Å². The van der Waals surface area contributed by atoms with Crippen molar-refractivity contribution in [3.8, 4) is 0 Å². The third kappa shape index (κ3) is 5.63. The molecule has 1 saturated carbocycles. The second-order valence-corrected chi connectivity index (χ2v) is 6.75. The summed E-state index contributed by atoms with van der Waals surface area (Å²) in [5, 5.41) is 9.53. The lowest BCUT2D eigenvalue weighted by Gasteiger charge is -2.17. The highest BCUT2D eigenvalue weighted by Gasteiger charge is 2.20. The van der Waals surface area contributed by atoms with Crippen LogP contribution in [-0.4, -0.2) is 41.6 Å². The lowest BCUT2D eigenvalue weighted by molar-refractivity contribution is 0.0949. The predicted molar refractivity (Wildman–Crippen MR) is 97.2 cm³/mol. The van der Waals surface area contributed by atoms with Crippen LogP contribution in [0.15, 0.2) is 6.20 Å². The Labute approximate surface area is 144 Å². The van der Waals surface area contributed by atoms with Crippen molar-refractivity contribution in [1.29, 1.82) is 0 Å². The number of aromatic nitrogens is 2. The second kappa shape index (κ2) is 9.42. The van der Waals surface area contributed by atoms with Gasteiger partial charge in [-0.15, -0.1) is 0 Å². The number of carbonyl (C=O) groups excluding carboxylic acids is 1. The fourth-order valence-corrected chi connectivity index (χ4v) is 2.70. The zero-order valence-electron chi connectivity index (χ0n) is 14.8. The molecule has 0 atom stereocenters. The number of rotatable bonds is 9. The molecule has 134 valence electrons. The Balaban J connectivity index is 2.12. The van der Waals surface area contributed by atoms with E-state index >= 15 is 0 Å². The molecule has 7 nitrogen and oxygen atoms in total. The van der Waals surface area contributed by atoms with Gasteiger partial charge in [-0.05, 0) is 31.7 Å². The Morgan fingerprint density at radius 3 is 2.79 bits per heavy atom. The van der Waals surface area contributed by atoms with Crippen molar-refractivity contribution in [3.63, 3.8) is 0 Å². The largest absolute Gasteiger partial charge is 0.367 e. The van der Waals surface area contributed by atoms with Crippen LogP contribution >= 0.6 is 0 Å². The Bertz CT molecular complexity index is 528. The van der Waals surface area contributed by atoms with E-state index in [0.29, 0.717) is 42.4 Å². The lowest BCUT2D eigenvalue weighted by atomic mass is 10.2. The normalized spacial score (nSPS) is 14.8. The number of carbonyl (C=O) groups is 1. The SMILES string of the molecule is CC(C)CNC(=O)c1cnc(NCCCN)nc1NC1CCCC1. The van der Waals surface area contributed by atoms with Crippen LogP contribution in [0.4, 0.5) is 11.8 Å². The van der Waals surface area contributed by atoms with Gasteiger partial charge in [0.2, 0.25) is 5.95 Å². The molecular weight excluding hydrogens is 304 g/mol. The molecule has 24 heavy (non-hydrogen) atoms. The molecule has 0 aliphatic heterocycles. The predicted octanol–water partition coefficient (Wildman–Crippen LogP) is 1.98. The number of nitrogens with zero attached hydrogens (tertiary/aromatic N) is 2. The minimum atomic E-state index is -0.127. The molecule has 0 bridgehead atoms. The molecule has 1 aliphatic carbocycles. The Morgan fingerprint density at radius 1 is 1.38 bits per heavy atom. The van der Waals surface area contributed by atoms with E-state index in [4.69, 9.17) is 5.73 Å². The van der Waals surface area contributed by atoms with E-state index in [2.05, 4.69) is 39.8 Å². The molecule has 1 amide bonds. The van der Waals surface area contributed by atoms with Gasteiger partial charge in [0.15, 0.2) is 0 Å². The molecule has 1 fully saturated rings. The first-order chi connectivity index (χ1) is 11.6. The fourth-order valence-electron chi connectivity index (χ4n) is 2.70. The summed E-state index contributed by atoms with van der Waals surface area (Å²) in [5.41, 5.74) is 6.01. The molecular formula is C17H30N6O. The number of nitrogens with two attached hydrogens (primary N) is 1. The third-order valence-electron chi connectivity index (χ3n) is 4.06. The van der Waals surface area contributed by atoms with E-state index in [1.165, 1.54) is 12.8 Å². The molecule has 0 saturated heterocycles. The van der Waals surface area contributed by atoms with E-state index in [1.54, 1.807) is 6.20 Å². The smallest absolute Gasteiger partial charge is 0.256 e. The van der Waals surface area contributed by atoms with Gasteiger partial charge in [0, 0.05) is 25.3 Å². The van der Waals surface area contributed by atoms with E-state index in [9.17, 15) is 4.79 Å². The zero-order chi connectivity index (χ0) is 17.4. The van der Waals surface area contributed by atoms with Crippen LogP contribution in [0.3, 0.4) is 0 Å². The van der Waals surface area contributed by atoms with Crippen molar-refractivity contribution in [3.05, 3.63) is 11.8 Å². The Morgan fingerprint density at radius 2 is 2.12 bits per heavy atom. The minimum absolute atomic E-state index is 0.127. The van der Waals surface area contributed by atoms with Crippen LogP contribution in [-0.2, 0) is 0 Å². The number of hydrogen-bond donors (Lipinski definition) is 4. The van der Waals surface area contributed by atoms with Gasteiger partial charge in [0.05, 0.1) is 0 Å². The first kappa shape index (κ1) is 18.4. The van der Waals surface area contributed by atoms with Crippen molar-refractivity contribution in [2.45, 2.75) is 52.0 Å². The molecule has 0 unspecified atom stereocenters. The highest BCUT2D eigenvalue weighted by molar-refractivity contribution is 5.98. The minimum Gasteiger partial charge on any atom is -0.367 e. The molecule has 0 spiro atoms. The van der Waals surface area contributed by atoms with E-state index in [-0.39, 0.29) is 5.91 Å². The molecule has 2 rings (SSSR count). The second-order valence-electron chi connectivity index (χ2n) is 6.75. The fraction of sp³-hybridized carbons (Fsp3) is 0.706. The summed E-state index contributed by atoms with van der Waals surface area (Å²) < 4.78 is 0. The van der Waals surface area contributed by atoms with Crippen LogP contribution in [0.5, 0.6) is 0 Å². The van der Waals surface area contributed by atoms with Gasteiger partial charge in [-0.2, -0.15) is 4.98 Å². The first-order valence-electron chi connectivity index (χ1n) is 8.96. The van der Waals surface area contributed by atoms with Gasteiger partial charge in [-0.1, -0.05) is 26.7 Å². The van der Waals surface area contributed by atoms with Crippen molar-refractivity contribution < 1.29 is 4.79 Å². The van der Waals surface area contributed by atoms with Crippen LogP contribution in [0, 0.1) is 5.92 Å². The molecule has 7 heteroatoms.